The molecule has 822 valence electrons. The molecule has 0 aliphatic heterocycles. The Labute approximate surface area is 919 Å². The van der Waals surface area contributed by atoms with Gasteiger partial charge in [0.25, 0.3) is 0 Å². The van der Waals surface area contributed by atoms with Gasteiger partial charge in [0.15, 0.2) is 0 Å². The molecule has 0 saturated carbocycles. The van der Waals surface area contributed by atoms with Crippen LogP contribution in [-0.2, 0) is 0 Å². The summed E-state index contributed by atoms with van der Waals surface area (Å²) in [5.41, 5.74) is 28.1. The molecule has 0 unspecified atom stereocenters. The van der Waals surface area contributed by atoms with E-state index in [1.54, 1.807) is 0 Å². The highest BCUT2D eigenvalue weighted by molar-refractivity contribution is 5.71. The van der Waals surface area contributed by atoms with Gasteiger partial charge in [-0.25, -0.2) is 0 Å². The van der Waals surface area contributed by atoms with E-state index >= 15 is 0 Å². The van der Waals surface area contributed by atoms with Gasteiger partial charge in [-0.2, -0.15) is 0 Å². The monoisotopic (exact) mass is 2000 g/mol. The van der Waals surface area contributed by atoms with Crippen LogP contribution in [0.1, 0.15) is 466 Å². The van der Waals surface area contributed by atoms with Crippen LogP contribution in [0.3, 0.4) is 0 Å². The highest BCUT2D eigenvalue weighted by Gasteiger charge is 2.11. The molecule has 0 nitrogen and oxygen atoms in total. The molecule has 0 aliphatic rings. The molecule has 0 heterocycles. The van der Waals surface area contributed by atoms with Gasteiger partial charge in [0, 0.05) is 0 Å². The van der Waals surface area contributed by atoms with Crippen LogP contribution in [0.4, 0.5) is 0 Å². The van der Waals surface area contributed by atoms with Crippen LogP contribution >= 0.6 is 0 Å². The minimum atomic E-state index is 0.571. The van der Waals surface area contributed by atoms with E-state index in [-0.39, 0.29) is 0 Å². The second-order valence-corrected chi connectivity index (χ2v) is 31.8. The zero-order valence-electron chi connectivity index (χ0n) is 106. The first kappa shape index (κ1) is 161. The zero-order valence-corrected chi connectivity index (χ0v) is 106. The highest BCUT2D eigenvalue weighted by Crippen LogP contribution is 2.33. The zero-order chi connectivity index (χ0) is 116. The molecular formula is C147H234. The standard InChI is InChI=1S/7C15H16.4C3H8.15C2H6/c2*1-12(2)14-10-6-7-11-15(14)13-8-4-3-5-9-13;3*1-12(2)14-9-6-10-15(11-14)13-7-4-3-5-8-13;2*1-12(2)13-8-10-15(11-9-13)14-6-4-3-5-7-14;4*1-3-2;15*1-2/h7*3-12H,1-2H3;4*3H2,1-2H3;15*1-2H3. The normalized spacial score (nSPS) is 8.67. The maximum absolute atomic E-state index is 2.28. The van der Waals surface area contributed by atoms with Gasteiger partial charge in [-0.15, -0.1) is 0 Å². The summed E-state index contributed by atoms with van der Waals surface area (Å²) in [7, 11) is 0. The molecule has 0 aliphatic carbocycles. The molecule has 0 aromatic heterocycles. The molecule has 0 spiro atoms. The smallest absolute Gasteiger partial charge is 0.0149 e. The molecular weight excluding hydrogens is 1770 g/mol. The average molecular weight is 2000 g/mol. The summed E-state index contributed by atoms with van der Waals surface area (Å²) in [5.74, 6) is 4.13. The van der Waals surface area contributed by atoms with E-state index in [1.165, 1.54) is 143 Å². The van der Waals surface area contributed by atoms with Gasteiger partial charge in [0.2, 0.25) is 0 Å². The van der Waals surface area contributed by atoms with Gasteiger partial charge in [0.05, 0.1) is 0 Å². The van der Waals surface area contributed by atoms with Crippen LogP contribution in [0, 0.1) is 0 Å². The maximum atomic E-state index is 2.28. The first-order chi connectivity index (χ1) is 71.6. The van der Waals surface area contributed by atoms with Crippen molar-refractivity contribution in [1.82, 2.24) is 0 Å². The Bertz CT molecular complexity index is 4350. The largest absolute Gasteiger partial charge is 0.0683 e. The van der Waals surface area contributed by atoms with E-state index in [2.05, 4.69) is 522 Å². The SMILES string of the molecule is CC.CC.CC.CC.CC.CC.CC.CC.CC.CC.CC.CC.CC.CC.CC.CC(C)c1ccc(-c2ccccc2)cc1.CC(C)c1ccc(-c2ccccc2)cc1.CC(C)c1cccc(-c2ccccc2)c1.CC(C)c1cccc(-c2ccccc2)c1.CC(C)c1cccc(-c2ccccc2)c1.CC(C)c1ccccc1-c1ccccc1.CC(C)c1ccccc1-c1ccccc1.CCC.CCC.CCC.CCC. The molecule has 14 rings (SSSR count). The van der Waals surface area contributed by atoms with Gasteiger partial charge < -0.3 is 0 Å². The van der Waals surface area contributed by atoms with Crippen LogP contribution in [0.2, 0.25) is 0 Å². The third-order valence-corrected chi connectivity index (χ3v) is 18.7. The number of hydrogen-bond donors (Lipinski definition) is 0. The van der Waals surface area contributed by atoms with Crippen LogP contribution in [-0.4, -0.2) is 0 Å². The number of hydrogen-bond acceptors (Lipinski definition) is 0. The molecule has 147 heavy (non-hydrogen) atoms. The van der Waals surface area contributed by atoms with Crippen molar-refractivity contribution in [2.45, 2.75) is 427 Å². The summed E-state index contributed by atoms with van der Waals surface area (Å²) in [6.07, 6.45) is 5.00. The Morgan fingerprint density at radius 1 is 0.116 bits per heavy atom. The fourth-order valence-electron chi connectivity index (χ4n) is 12.3. The molecule has 0 radical (unpaired) electrons. The summed E-state index contributed by atoms with van der Waals surface area (Å²) < 4.78 is 0. The second kappa shape index (κ2) is 124. The Morgan fingerprint density at radius 2 is 0.245 bits per heavy atom. The van der Waals surface area contributed by atoms with E-state index in [4.69, 9.17) is 0 Å². The van der Waals surface area contributed by atoms with Gasteiger partial charge in [0.1, 0.15) is 0 Å². The molecule has 0 saturated heterocycles. The average Bonchev–Trinajstić information content (AvgIpc) is 0.847. The Hall–Kier alpha value is -10.9. The van der Waals surface area contributed by atoms with E-state index < -0.39 is 0 Å². The first-order valence-electron chi connectivity index (χ1n) is 58.6. The fourth-order valence-corrected chi connectivity index (χ4v) is 12.3. The highest BCUT2D eigenvalue weighted by atomic mass is 14.2. The van der Waals surface area contributed by atoms with Gasteiger partial charge in [-0.3, -0.25) is 0 Å². The summed E-state index contributed by atoms with van der Waals surface area (Å²) in [4.78, 5) is 0. The van der Waals surface area contributed by atoms with Crippen molar-refractivity contribution >= 4 is 0 Å². The Kier molecular flexibility index (Phi) is 136. The molecule has 0 fully saturated rings. The molecule has 0 bridgehead atoms. The fraction of sp³-hybridized carbons (Fsp3) is 0.429. The lowest BCUT2D eigenvalue weighted by molar-refractivity contribution is 0.867. The van der Waals surface area contributed by atoms with Gasteiger partial charge in [-0.05, 0) is 158 Å². The van der Waals surface area contributed by atoms with Gasteiger partial charge in [-0.1, -0.05) is 768 Å². The summed E-state index contributed by atoms with van der Waals surface area (Å²) in [6, 6.07) is 135. The van der Waals surface area contributed by atoms with E-state index in [9.17, 15) is 0 Å². The predicted molar refractivity (Wildman–Crippen MR) is 696 cm³/mol. The van der Waals surface area contributed by atoms with Crippen LogP contribution < -0.4 is 0 Å². The number of benzene rings is 14. The summed E-state index contributed by atoms with van der Waals surface area (Å²) in [6.45, 7) is 108. The van der Waals surface area contributed by atoms with Crippen molar-refractivity contribution in [3.63, 3.8) is 0 Å². The minimum Gasteiger partial charge on any atom is -0.0683 e. The summed E-state index contributed by atoms with van der Waals surface area (Å²) in [5, 5.41) is 0. The van der Waals surface area contributed by atoms with Crippen molar-refractivity contribution in [2.24, 2.45) is 0 Å². The lowest BCUT2D eigenvalue weighted by atomic mass is 9.93. The molecule has 0 atom stereocenters. The third-order valence-electron chi connectivity index (χ3n) is 18.7. The van der Waals surface area contributed by atoms with E-state index in [1.807, 2.05) is 220 Å². The maximum Gasteiger partial charge on any atom is -0.0149 e. The van der Waals surface area contributed by atoms with Crippen LogP contribution in [0.15, 0.2) is 382 Å². The lowest BCUT2D eigenvalue weighted by Crippen LogP contribution is -1.91. The topological polar surface area (TPSA) is 0 Å². The Morgan fingerprint density at radius 3 is 0.401 bits per heavy atom. The van der Waals surface area contributed by atoms with Crippen molar-refractivity contribution in [1.29, 1.82) is 0 Å². The Balaban J connectivity index is -0.000000136. The van der Waals surface area contributed by atoms with Crippen molar-refractivity contribution in [3.05, 3.63) is 421 Å². The van der Waals surface area contributed by atoms with E-state index in [0.717, 1.165) is 0 Å². The molecule has 14 aromatic carbocycles. The van der Waals surface area contributed by atoms with Gasteiger partial charge >= 0.3 is 0 Å². The van der Waals surface area contributed by atoms with Crippen molar-refractivity contribution < 1.29 is 0 Å². The van der Waals surface area contributed by atoms with E-state index in [0.29, 0.717) is 41.4 Å². The molecule has 0 amide bonds. The molecule has 0 N–H and O–H groups in total. The summed E-state index contributed by atoms with van der Waals surface area (Å²) >= 11 is 0. The third kappa shape index (κ3) is 79.9. The van der Waals surface area contributed by atoms with Crippen molar-refractivity contribution in [2.75, 3.05) is 0 Å². The minimum absolute atomic E-state index is 0.571. The van der Waals surface area contributed by atoms with Crippen LogP contribution in [0.5, 0.6) is 0 Å². The predicted octanol–water partition coefficient (Wildman–Crippen LogP) is 52.4. The number of rotatable bonds is 14. The molecule has 14 aromatic rings. The second-order valence-electron chi connectivity index (χ2n) is 31.8. The molecule has 0 heteroatoms. The quantitative estimate of drug-likeness (QED) is 0.102. The first-order valence-corrected chi connectivity index (χ1v) is 58.6. The van der Waals surface area contributed by atoms with Crippen LogP contribution in [0.25, 0.3) is 77.9 Å². The lowest BCUT2D eigenvalue weighted by Gasteiger charge is -2.12. The van der Waals surface area contributed by atoms with Crippen molar-refractivity contribution in [3.8, 4) is 77.9 Å².